The Balaban J connectivity index is 2.03. The largest absolute Gasteiger partial charge is 0.494 e. The summed E-state index contributed by atoms with van der Waals surface area (Å²) >= 11 is 0. The first-order chi connectivity index (χ1) is 11.6. The highest BCUT2D eigenvalue weighted by Crippen LogP contribution is 2.39. The van der Waals surface area contributed by atoms with E-state index in [1.54, 1.807) is 10.9 Å². The van der Waals surface area contributed by atoms with Gasteiger partial charge in [0.2, 0.25) is 11.7 Å². The molecule has 7 heteroatoms. The van der Waals surface area contributed by atoms with Gasteiger partial charge in [0.05, 0.1) is 13.3 Å². The number of unbranched alkanes of at least 4 members (excludes halogenated alkanes) is 1. The molecule has 1 unspecified atom stereocenters. The van der Waals surface area contributed by atoms with Gasteiger partial charge in [-0.05, 0) is 18.1 Å². The van der Waals surface area contributed by atoms with Gasteiger partial charge in [0.1, 0.15) is 5.82 Å². The molecule has 24 heavy (non-hydrogen) atoms. The molecule has 2 aromatic rings. The van der Waals surface area contributed by atoms with Crippen LogP contribution in [0.3, 0.4) is 0 Å². The van der Waals surface area contributed by atoms with Crippen molar-refractivity contribution in [1.29, 1.82) is 0 Å². The fraction of sp³-hybridized carbons (Fsp3) is 0.412. The molecule has 1 aliphatic rings. The fourth-order valence-electron chi connectivity index (χ4n) is 3.00. The molecule has 0 saturated carbocycles. The van der Waals surface area contributed by atoms with Gasteiger partial charge < -0.3 is 10.1 Å². The summed E-state index contributed by atoms with van der Waals surface area (Å²) < 4.78 is 35.0. The third-order valence-electron chi connectivity index (χ3n) is 4.29. The smallest absolute Gasteiger partial charge is 0.226 e. The van der Waals surface area contributed by atoms with Crippen LogP contribution in [0.15, 0.2) is 18.3 Å². The van der Waals surface area contributed by atoms with Crippen LogP contribution in [0.2, 0.25) is 0 Å². The second kappa shape index (κ2) is 6.59. The number of hydrogen-bond donors (Lipinski definition) is 1. The summed E-state index contributed by atoms with van der Waals surface area (Å²) in [7, 11) is 1.28. The van der Waals surface area contributed by atoms with Gasteiger partial charge in [-0.25, -0.2) is 9.07 Å². The molecule has 1 N–H and O–H groups in total. The molecule has 2 heterocycles. The lowest BCUT2D eigenvalue weighted by Gasteiger charge is -2.24. The zero-order valence-corrected chi connectivity index (χ0v) is 13.6. The number of fused-ring (bicyclic) bond motifs is 1. The van der Waals surface area contributed by atoms with Crippen LogP contribution in [0.25, 0.3) is 0 Å². The van der Waals surface area contributed by atoms with Crippen molar-refractivity contribution >= 4 is 11.7 Å². The topological polar surface area (TPSA) is 56.2 Å². The van der Waals surface area contributed by atoms with Gasteiger partial charge in [0.25, 0.3) is 0 Å². The van der Waals surface area contributed by atoms with Crippen molar-refractivity contribution in [1.82, 2.24) is 9.78 Å². The van der Waals surface area contributed by atoms with E-state index in [4.69, 9.17) is 4.74 Å². The first-order valence-corrected chi connectivity index (χ1v) is 7.94. The third-order valence-corrected chi connectivity index (χ3v) is 4.29. The predicted octanol–water partition coefficient (Wildman–Crippen LogP) is 3.44. The van der Waals surface area contributed by atoms with Crippen molar-refractivity contribution in [3.63, 3.8) is 0 Å². The van der Waals surface area contributed by atoms with Crippen LogP contribution < -0.4 is 10.1 Å². The maximum Gasteiger partial charge on any atom is 0.226 e. The van der Waals surface area contributed by atoms with Crippen molar-refractivity contribution in [2.24, 2.45) is 0 Å². The Morgan fingerprint density at radius 2 is 2.12 bits per heavy atom. The first-order valence-electron chi connectivity index (χ1n) is 7.94. The first kappa shape index (κ1) is 16.4. The third kappa shape index (κ3) is 2.74. The molecule has 3 rings (SSSR count). The minimum atomic E-state index is -1.04. The Hall–Kier alpha value is -2.44. The molecule has 0 aliphatic carbocycles. The van der Waals surface area contributed by atoms with Gasteiger partial charge >= 0.3 is 0 Å². The molecule has 5 nitrogen and oxygen atoms in total. The zero-order valence-electron chi connectivity index (χ0n) is 13.6. The lowest BCUT2D eigenvalue weighted by molar-refractivity contribution is -0.116. The highest BCUT2D eigenvalue weighted by Gasteiger charge is 2.32. The van der Waals surface area contributed by atoms with Crippen LogP contribution in [0.4, 0.5) is 14.6 Å². The summed E-state index contributed by atoms with van der Waals surface area (Å²) in [5.74, 6) is -2.41. The molecule has 0 fully saturated rings. The second-order valence-electron chi connectivity index (χ2n) is 5.82. The van der Waals surface area contributed by atoms with Crippen LogP contribution in [0.1, 0.15) is 43.2 Å². The van der Waals surface area contributed by atoms with Crippen LogP contribution in [-0.4, -0.2) is 22.8 Å². The zero-order chi connectivity index (χ0) is 17.3. The normalized spacial score (nSPS) is 16.7. The van der Waals surface area contributed by atoms with Crippen LogP contribution in [-0.2, 0) is 11.3 Å². The summed E-state index contributed by atoms with van der Waals surface area (Å²) in [6.07, 6.45) is 3.58. The maximum atomic E-state index is 14.5. The Kier molecular flexibility index (Phi) is 4.51. The van der Waals surface area contributed by atoms with Crippen molar-refractivity contribution in [2.45, 2.75) is 38.6 Å². The molecule has 0 bridgehead atoms. The summed E-state index contributed by atoms with van der Waals surface area (Å²) in [6, 6.07) is 2.84. The number of rotatable bonds is 5. The van der Waals surface area contributed by atoms with Crippen molar-refractivity contribution in [3.8, 4) is 5.75 Å². The fourth-order valence-corrected chi connectivity index (χ4v) is 3.00. The average molecular weight is 335 g/mol. The Morgan fingerprint density at radius 3 is 2.83 bits per heavy atom. The van der Waals surface area contributed by atoms with E-state index in [0.717, 1.165) is 12.8 Å². The number of nitrogens with one attached hydrogen (secondary N) is 1. The van der Waals surface area contributed by atoms with E-state index in [1.807, 2.05) is 0 Å². The van der Waals surface area contributed by atoms with E-state index >= 15 is 0 Å². The number of benzene rings is 1. The highest BCUT2D eigenvalue weighted by atomic mass is 19.2. The van der Waals surface area contributed by atoms with Crippen molar-refractivity contribution in [3.05, 3.63) is 41.1 Å². The molecule has 0 spiro atoms. The summed E-state index contributed by atoms with van der Waals surface area (Å²) in [4.78, 5) is 12.1. The van der Waals surface area contributed by atoms with E-state index in [2.05, 4.69) is 17.3 Å². The van der Waals surface area contributed by atoms with Crippen LogP contribution in [0.5, 0.6) is 5.75 Å². The average Bonchev–Trinajstić information content (AvgIpc) is 2.97. The van der Waals surface area contributed by atoms with E-state index < -0.39 is 17.6 Å². The van der Waals surface area contributed by atoms with Gasteiger partial charge in [-0.2, -0.15) is 9.49 Å². The number of carbonyl (C=O) groups excluding carboxylic acids is 1. The number of aryl methyl sites for hydroxylation is 1. The SMILES string of the molecule is CCCCn1ncc2c1NC(=O)CC2c1ccc(OC)c(F)c1F. The Labute approximate surface area is 138 Å². The summed E-state index contributed by atoms with van der Waals surface area (Å²) in [6.45, 7) is 2.73. The Morgan fingerprint density at radius 1 is 1.33 bits per heavy atom. The van der Waals surface area contributed by atoms with Gasteiger partial charge in [-0.15, -0.1) is 0 Å². The highest BCUT2D eigenvalue weighted by molar-refractivity contribution is 5.94. The number of carbonyl (C=O) groups is 1. The van der Waals surface area contributed by atoms with Gasteiger partial charge in [0.15, 0.2) is 11.6 Å². The minimum absolute atomic E-state index is 0.0508. The van der Waals surface area contributed by atoms with Gasteiger partial charge in [-0.3, -0.25) is 4.79 Å². The molecule has 1 aromatic heterocycles. The number of nitrogens with zero attached hydrogens (tertiary/aromatic N) is 2. The minimum Gasteiger partial charge on any atom is -0.494 e. The second-order valence-corrected chi connectivity index (χ2v) is 5.82. The number of methoxy groups -OCH3 is 1. The van der Waals surface area contributed by atoms with Crippen LogP contribution >= 0.6 is 0 Å². The summed E-state index contributed by atoms with van der Waals surface area (Å²) in [5, 5.41) is 7.09. The van der Waals surface area contributed by atoms with Crippen molar-refractivity contribution < 1.29 is 18.3 Å². The molecule has 1 atom stereocenters. The number of halogens is 2. The molecule has 128 valence electrons. The summed E-state index contributed by atoms with van der Waals surface area (Å²) in [5.41, 5.74) is 0.841. The number of amides is 1. The van der Waals surface area contributed by atoms with E-state index in [1.165, 1.54) is 19.2 Å². The van der Waals surface area contributed by atoms with Crippen LogP contribution in [0, 0.1) is 11.6 Å². The number of anilines is 1. The predicted molar refractivity (Wildman–Crippen MR) is 85.1 cm³/mol. The monoisotopic (exact) mass is 335 g/mol. The van der Waals surface area contributed by atoms with E-state index in [-0.39, 0.29) is 23.6 Å². The number of ether oxygens (including phenoxy) is 1. The molecule has 0 radical (unpaired) electrons. The lowest BCUT2D eigenvalue weighted by atomic mass is 9.87. The standard InChI is InChI=1S/C17H19F2N3O2/c1-3-4-7-22-17-12(9-20-22)11(8-14(23)21-17)10-5-6-13(24-2)16(19)15(10)18/h5-6,9,11H,3-4,7-8H2,1-2H3,(H,21,23). The van der Waals surface area contributed by atoms with Gasteiger partial charge in [-0.1, -0.05) is 19.4 Å². The maximum absolute atomic E-state index is 14.5. The molecule has 1 aromatic carbocycles. The van der Waals surface area contributed by atoms with Gasteiger partial charge in [0, 0.05) is 24.4 Å². The Bertz CT molecular complexity index is 773. The number of aromatic nitrogens is 2. The molecular weight excluding hydrogens is 316 g/mol. The molecular formula is C17H19F2N3O2. The molecule has 1 amide bonds. The van der Waals surface area contributed by atoms with E-state index in [9.17, 15) is 13.6 Å². The van der Waals surface area contributed by atoms with E-state index in [0.29, 0.717) is 17.9 Å². The molecule has 0 saturated heterocycles. The number of hydrogen-bond acceptors (Lipinski definition) is 3. The van der Waals surface area contributed by atoms with Crippen molar-refractivity contribution in [2.75, 3.05) is 12.4 Å². The molecule has 1 aliphatic heterocycles. The lowest BCUT2D eigenvalue weighted by Crippen LogP contribution is -2.25. The quantitative estimate of drug-likeness (QED) is 0.910.